The zero-order valence-corrected chi connectivity index (χ0v) is 13.0. The molecule has 0 unspecified atom stereocenters. The van der Waals surface area contributed by atoms with Crippen LogP contribution in [-0.4, -0.2) is 29.0 Å². The Kier molecular flexibility index (Phi) is 4.90. The van der Waals surface area contributed by atoms with Crippen LogP contribution in [0.5, 0.6) is 5.75 Å². The molecular formula is C18H13F2N3O2. The molecule has 0 fully saturated rings. The second-order valence-electron chi connectivity index (χ2n) is 5.03. The van der Waals surface area contributed by atoms with Crippen molar-refractivity contribution in [3.05, 3.63) is 59.9 Å². The summed E-state index contributed by atoms with van der Waals surface area (Å²) in [6.07, 6.45) is 1.56. The maximum Gasteiger partial charge on any atom is 0.252 e. The van der Waals surface area contributed by atoms with Crippen LogP contribution in [-0.2, 0) is 0 Å². The van der Waals surface area contributed by atoms with Crippen LogP contribution in [0.25, 0.3) is 11.0 Å². The molecule has 126 valence electrons. The third kappa shape index (κ3) is 4.12. The van der Waals surface area contributed by atoms with Crippen LogP contribution in [0.1, 0.15) is 10.4 Å². The predicted octanol–water partition coefficient (Wildman–Crippen LogP) is 2.65. The Labute approximate surface area is 142 Å². The number of imidazole rings is 1. The molecule has 7 heteroatoms. The van der Waals surface area contributed by atoms with Crippen LogP contribution < -0.4 is 10.1 Å². The van der Waals surface area contributed by atoms with Crippen molar-refractivity contribution in [2.75, 3.05) is 13.2 Å². The molecule has 1 aromatic heterocycles. The summed E-state index contributed by atoms with van der Waals surface area (Å²) in [6, 6.07) is 8.15. The molecule has 3 aromatic rings. The van der Waals surface area contributed by atoms with Gasteiger partial charge in [-0.25, -0.2) is 13.8 Å². The van der Waals surface area contributed by atoms with E-state index in [0.717, 1.165) is 23.2 Å². The van der Waals surface area contributed by atoms with Gasteiger partial charge in [0, 0.05) is 11.6 Å². The Balaban J connectivity index is 1.48. The molecule has 0 saturated heterocycles. The fourth-order valence-electron chi connectivity index (χ4n) is 2.12. The highest BCUT2D eigenvalue weighted by atomic mass is 19.1. The summed E-state index contributed by atoms with van der Waals surface area (Å²) < 4.78 is 31.2. The number of halogens is 2. The quantitative estimate of drug-likeness (QED) is 0.717. The van der Waals surface area contributed by atoms with Gasteiger partial charge < -0.3 is 15.0 Å². The number of carbonyl (C=O) groups excluding carboxylic acids is 1. The summed E-state index contributed by atoms with van der Waals surface area (Å²) in [4.78, 5) is 19.0. The first-order valence-electron chi connectivity index (χ1n) is 7.38. The normalized spacial score (nSPS) is 10.2. The lowest BCUT2D eigenvalue weighted by Gasteiger charge is -2.03. The minimum Gasteiger partial charge on any atom is -0.478 e. The molecule has 0 spiro atoms. The van der Waals surface area contributed by atoms with E-state index in [0.29, 0.717) is 5.56 Å². The van der Waals surface area contributed by atoms with Crippen LogP contribution in [0, 0.1) is 23.5 Å². The Bertz CT molecular complexity index is 973. The third-order valence-corrected chi connectivity index (χ3v) is 3.34. The van der Waals surface area contributed by atoms with Crippen LogP contribution in [0.3, 0.4) is 0 Å². The summed E-state index contributed by atoms with van der Waals surface area (Å²) in [7, 11) is 0. The number of aromatic nitrogens is 2. The van der Waals surface area contributed by atoms with Gasteiger partial charge >= 0.3 is 0 Å². The van der Waals surface area contributed by atoms with Crippen molar-refractivity contribution in [2.24, 2.45) is 0 Å². The first-order chi connectivity index (χ1) is 12.1. The molecular weight excluding hydrogens is 328 g/mol. The highest BCUT2D eigenvalue weighted by Gasteiger charge is 2.06. The van der Waals surface area contributed by atoms with Crippen LogP contribution in [0.15, 0.2) is 42.7 Å². The first-order valence-corrected chi connectivity index (χ1v) is 7.38. The van der Waals surface area contributed by atoms with Crippen LogP contribution in [0.2, 0.25) is 0 Å². The summed E-state index contributed by atoms with van der Waals surface area (Å²) >= 11 is 0. The molecule has 0 saturated carbocycles. The Hall–Kier alpha value is -3.40. The molecule has 5 nitrogen and oxygen atoms in total. The van der Waals surface area contributed by atoms with Gasteiger partial charge in [-0.15, -0.1) is 0 Å². The van der Waals surface area contributed by atoms with E-state index >= 15 is 0 Å². The highest BCUT2D eigenvalue weighted by molar-refractivity contribution is 5.97. The second-order valence-corrected chi connectivity index (χ2v) is 5.03. The largest absolute Gasteiger partial charge is 0.478 e. The highest BCUT2D eigenvalue weighted by Crippen LogP contribution is 2.17. The van der Waals surface area contributed by atoms with E-state index in [1.807, 2.05) is 0 Å². The molecule has 2 N–H and O–H groups in total. The number of hydrogen-bond acceptors (Lipinski definition) is 3. The minimum atomic E-state index is -0.788. The third-order valence-electron chi connectivity index (χ3n) is 3.34. The zero-order valence-electron chi connectivity index (χ0n) is 13.0. The number of fused-ring (bicyclic) bond motifs is 1. The van der Waals surface area contributed by atoms with E-state index in [1.54, 1.807) is 24.5 Å². The number of nitrogens with one attached hydrogen (secondary N) is 2. The zero-order chi connectivity index (χ0) is 17.6. The van der Waals surface area contributed by atoms with Crippen molar-refractivity contribution in [1.82, 2.24) is 15.3 Å². The number of rotatable bonds is 4. The first kappa shape index (κ1) is 16.5. The van der Waals surface area contributed by atoms with E-state index in [9.17, 15) is 13.6 Å². The Morgan fingerprint density at radius 2 is 2.08 bits per heavy atom. The number of carbonyl (C=O) groups is 1. The fourth-order valence-corrected chi connectivity index (χ4v) is 2.12. The number of H-pyrrole nitrogens is 1. The Morgan fingerprint density at radius 1 is 1.20 bits per heavy atom. The smallest absolute Gasteiger partial charge is 0.252 e. The van der Waals surface area contributed by atoms with Gasteiger partial charge in [0.05, 0.1) is 23.9 Å². The maximum absolute atomic E-state index is 13.3. The van der Waals surface area contributed by atoms with E-state index in [-0.39, 0.29) is 24.8 Å². The van der Waals surface area contributed by atoms with Gasteiger partial charge in [-0.1, -0.05) is 11.8 Å². The molecule has 0 aliphatic carbocycles. The number of nitrogens with zero attached hydrogens (tertiary/aromatic N) is 1. The van der Waals surface area contributed by atoms with Gasteiger partial charge in [0.1, 0.15) is 12.4 Å². The van der Waals surface area contributed by atoms with Crippen molar-refractivity contribution >= 4 is 16.9 Å². The standard InChI is InChI=1S/C18H13F2N3O2/c19-13-4-6-17(14(20)10-13)25-8-2-1-7-21-18(24)12-3-5-15-16(9-12)23-11-22-15/h3-6,9-11H,7-8H2,(H,21,24)(H,22,23). The average molecular weight is 341 g/mol. The summed E-state index contributed by atoms with van der Waals surface area (Å²) in [5.74, 6) is 3.53. The molecule has 0 bridgehead atoms. The number of benzene rings is 2. The molecule has 2 aromatic carbocycles. The molecule has 1 heterocycles. The van der Waals surface area contributed by atoms with Crippen molar-refractivity contribution in [3.8, 4) is 17.6 Å². The monoisotopic (exact) mass is 341 g/mol. The topological polar surface area (TPSA) is 67.0 Å². The van der Waals surface area contributed by atoms with Gasteiger partial charge in [-0.3, -0.25) is 4.79 Å². The van der Waals surface area contributed by atoms with Gasteiger partial charge in [0.15, 0.2) is 11.6 Å². The lowest BCUT2D eigenvalue weighted by molar-refractivity contribution is 0.0959. The van der Waals surface area contributed by atoms with E-state index < -0.39 is 11.6 Å². The van der Waals surface area contributed by atoms with Gasteiger partial charge in [-0.05, 0) is 30.3 Å². The van der Waals surface area contributed by atoms with Crippen LogP contribution in [0.4, 0.5) is 8.78 Å². The molecule has 0 atom stereocenters. The van der Waals surface area contributed by atoms with E-state index in [4.69, 9.17) is 4.74 Å². The summed E-state index contributed by atoms with van der Waals surface area (Å²) in [6.45, 7) is 0.0492. The predicted molar refractivity (Wildman–Crippen MR) is 88.1 cm³/mol. The van der Waals surface area contributed by atoms with Crippen molar-refractivity contribution in [1.29, 1.82) is 0 Å². The molecule has 25 heavy (non-hydrogen) atoms. The SMILES string of the molecule is O=C(NCC#CCOc1ccc(F)cc1F)c1ccc2nc[nH]c2c1. The lowest BCUT2D eigenvalue weighted by Crippen LogP contribution is -2.23. The average Bonchev–Trinajstić information content (AvgIpc) is 3.07. The lowest BCUT2D eigenvalue weighted by atomic mass is 10.2. The number of hydrogen-bond donors (Lipinski definition) is 2. The van der Waals surface area contributed by atoms with Gasteiger partial charge in [0.25, 0.3) is 5.91 Å². The number of amides is 1. The number of ether oxygens (including phenoxy) is 1. The Morgan fingerprint density at radius 3 is 2.92 bits per heavy atom. The van der Waals surface area contributed by atoms with Crippen molar-refractivity contribution in [2.45, 2.75) is 0 Å². The number of aromatic amines is 1. The second kappa shape index (κ2) is 7.45. The van der Waals surface area contributed by atoms with Gasteiger partial charge in [-0.2, -0.15) is 0 Å². The van der Waals surface area contributed by atoms with Gasteiger partial charge in [0.2, 0.25) is 0 Å². The van der Waals surface area contributed by atoms with Crippen molar-refractivity contribution in [3.63, 3.8) is 0 Å². The van der Waals surface area contributed by atoms with Crippen LogP contribution >= 0.6 is 0 Å². The van der Waals surface area contributed by atoms with E-state index in [1.165, 1.54) is 6.07 Å². The van der Waals surface area contributed by atoms with Crippen molar-refractivity contribution < 1.29 is 18.3 Å². The minimum absolute atomic E-state index is 0.0709. The molecule has 0 aliphatic rings. The van der Waals surface area contributed by atoms with E-state index in [2.05, 4.69) is 27.1 Å². The molecule has 0 radical (unpaired) electrons. The summed E-state index contributed by atoms with van der Waals surface area (Å²) in [5.41, 5.74) is 2.04. The summed E-state index contributed by atoms with van der Waals surface area (Å²) in [5, 5.41) is 2.65. The molecule has 3 rings (SSSR count). The molecule has 0 aliphatic heterocycles. The molecule has 1 amide bonds. The fraction of sp³-hybridized carbons (Fsp3) is 0.111. The maximum atomic E-state index is 13.3.